The number of rotatable bonds is 6. The second-order valence-corrected chi connectivity index (χ2v) is 8.26. The molecule has 2 aliphatic rings. The molecule has 1 saturated heterocycles. The number of allylic oxidation sites excluding steroid dienone is 1. The van der Waals surface area contributed by atoms with Gasteiger partial charge in [0.1, 0.15) is 0 Å². The quantitative estimate of drug-likeness (QED) is 0.656. The number of hydrogen-bond donors (Lipinski definition) is 0. The summed E-state index contributed by atoms with van der Waals surface area (Å²) < 4.78 is 16.3. The van der Waals surface area contributed by atoms with Gasteiger partial charge in [-0.15, -0.1) is 0 Å². The first-order chi connectivity index (χ1) is 13.8. The Hall–Kier alpha value is -2.48. The van der Waals surface area contributed by atoms with Crippen LogP contribution in [-0.2, 0) is 14.3 Å². The molecule has 2 heterocycles. The molecule has 1 aromatic carbocycles. The zero-order valence-corrected chi connectivity index (χ0v) is 18.3. The summed E-state index contributed by atoms with van der Waals surface area (Å²) in [4.78, 5) is 32.3. The highest BCUT2D eigenvalue weighted by atomic mass is 32.2. The van der Waals surface area contributed by atoms with Gasteiger partial charge >= 0.3 is 5.97 Å². The number of aliphatic imine (C=N–C) groups is 1. The maximum Gasteiger partial charge on any atom is 0.338 e. The Morgan fingerprint density at radius 1 is 1.24 bits per heavy atom. The maximum absolute atomic E-state index is 13.1. The van der Waals surface area contributed by atoms with Crippen molar-refractivity contribution < 1.29 is 23.8 Å². The Kier molecular flexibility index (Phi) is 6.21. The predicted molar refractivity (Wildman–Crippen MR) is 112 cm³/mol. The minimum absolute atomic E-state index is 0.0571. The van der Waals surface area contributed by atoms with Crippen LogP contribution in [0.5, 0.6) is 11.5 Å². The predicted octanol–water partition coefficient (Wildman–Crippen LogP) is 3.69. The summed E-state index contributed by atoms with van der Waals surface area (Å²) in [6.45, 7) is 7.33. The van der Waals surface area contributed by atoms with Crippen LogP contribution >= 0.6 is 11.8 Å². The standard InChI is InChI=1S/C21H26N2O5S/c1-7-16-19(24)23-18(13-8-9-14(26-5)15(10-13)27-6)17(20(25)28-11(2)3)12(4)22-21(23)29-16/h8-11,16,18H,7H2,1-6H3/t16-,18-/m1/s1. The van der Waals surface area contributed by atoms with Crippen LogP contribution in [0, 0.1) is 0 Å². The smallest absolute Gasteiger partial charge is 0.338 e. The number of fused-ring (bicyclic) bond motifs is 1. The summed E-state index contributed by atoms with van der Waals surface area (Å²) in [6, 6.07) is 4.76. The maximum atomic E-state index is 13.1. The van der Waals surface area contributed by atoms with Gasteiger partial charge in [-0.1, -0.05) is 24.8 Å². The van der Waals surface area contributed by atoms with E-state index in [4.69, 9.17) is 14.2 Å². The van der Waals surface area contributed by atoms with E-state index >= 15 is 0 Å². The zero-order chi connectivity index (χ0) is 21.3. The lowest BCUT2D eigenvalue weighted by molar-refractivity contribution is -0.143. The van der Waals surface area contributed by atoms with Crippen molar-refractivity contribution in [1.82, 2.24) is 4.90 Å². The molecule has 0 bridgehead atoms. The van der Waals surface area contributed by atoms with Crippen molar-refractivity contribution in [2.24, 2.45) is 4.99 Å². The van der Waals surface area contributed by atoms with Crippen LogP contribution in [0.25, 0.3) is 0 Å². The number of amides is 1. The summed E-state index contributed by atoms with van der Waals surface area (Å²) in [6.07, 6.45) is 0.397. The molecule has 0 aromatic heterocycles. The summed E-state index contributed by atoms with van der Waals surface area (Å²) in [5.74, 6) is 0.562. The third kappa shape index (κ3) is 3.85. The lowest BCUT2D eigenvalue weighted by atomic mass is 9.93. The Morgan fingerprint density at radius 2 is 1.93 bits per heavy atom. The number of ether oxygens (including phenoxy) is 3. The van der Waals surface area contributed by atoms with Crippen LogP contribution < -0.4 is 9.47 Å². The monoisotopic (exact) mass is 418 g/mol. The molecule has 8 heteroatoms. The molecule has 0 spiro atoms. The summed E-state index contributed by atoms with van der Waals surface area (Å²) in [7, 11) is 3.11. The van der Waals surface area contributed by atoms with E-state index in [0.29, 0.717) is 34.4 Å². The number of methoxy groups -OCH3 is 2. The Morgan fingerprint density at radius 3 is 2.52 bits per heavy atom. The molecule has 1 fully saturated rings. The van der Waals surface area contributed by atoms with Crippen molar-refractivity contribution in [2.45, 2.75) is 51.5 Å². The molecule has 2 aliphatic heterocycles. The van der Waals surface area contributed by atoms with E-state index in [0.717, 1.165) is 5.56 Å². The highest BCUT2D eigenvalue weighted by Gasteiger charge is 2.47. The van der Waals surface area contributed by atoms with Gasteiger partial charge in [0, 0.05) is 0 Å². The average Bonchev–Trinajstić information content (AvgIpc) is 3.00. The van der Waals surface area contributed by atoms with Gasteiger partial charge in [-0.2, -0.15) is 0 Å². The van der Waals surface area contributed by atoms with E-state index in [2.05, 4.69) is 4.99 Å². The van der Waals surface area contributed by atoms with Gasteiger partial charge in [0.15, 0.2) is 16.7 Å². The van der Waals surface area contributed by atoms with E-state index in [1.807, 2.05) is 13.0 Å². The molecule has 29 heavy (non-hydrogen) atoms. The highest BCUT2D eigenvalue weighted by Crippen LogP contribution is 2.45. The van der Waals surface area contributed by atoms with E-state index < -0.39 is 12.0 Å². The highest BCUT2D eigenvalue weighted by molar-refractivity contribution is 8.15. The minimum atomic E-state index is -0.634. The summed E-state index contributed by atoms with van der Waals surface area (Å²) in [5.41, 5.74) is 1.65. The van der Waals surface area contributed by atoms with E-state index in [1.165, 1.54) is 11.8 Å². The summed E-state index contributed by atoms with van der Waals surface area (Å²) in [5, 5.41) is 0.393. The number of benzene rings is 1. The SMILES string of the molecule is CC[C@H]1SC2=NC(C)=C(C(=O)OC(C)C)[C@@H](c3ccc(OC)c(OC)c3)N2C1=O. The molecule has 1 aromatic rings. The summed E-state index contributed by atoms with van der Waals surface area (Å²) >= 11 is 1.43. The van der Waals surface area contributed by atoms with Gasteiger partial charge in [0.2, 0.25) is 5.91 Å². The van der Waals surface area contributed by atoms with Crippen LogP contribution in [0.15, 0.2) is 34.5 Å². The second-order valence-electron chi connectivity index (χ2n) is 7.09. The van der Waals surface area contributed by atoms with Crippen molar-refractivity contribution in [3.8, 4) is 11.5 Å². The lowest BCUT2D eigenvalue weighted by Crippen LogP contribution is -2.41. The Balaban J connectivity index is 2.16. The van der Waals surface area contributed by atoms with Gasteiger partial charge in [-0.3, -0.25) is 9.69 Å². The van der Waals surface area contributed by atoms with Crippen molar-refractivity contribution in [3.05, 3.63) is 35.0 Å². The van der Waals surface area contributed by atoms with Crippen molar-refractivity contribution in [3.63, 3.8) is 0 Å². The molecule has 2 atom stereocenters. The first kappa shape index (κ1) is 21.2. The molecule has 0 N–H and O–H groups in total. The van der Waals surface area contributed by atoms with Gasteiger partial charge in [0.25, 0.3) is 0 Å². The molecule has 0 radical (unpaired) electrons. The van der Waals surface area contributed by atoms with Gasteiger partial charge in [-0.25, -0.2) is 9.79 Å². The molecule has 156 valence electrons. The zero-order valence-electron chi connectivity index (χ0n) is 17.5. The average molecular weight is 419 g/mol. The number of carbonyl (C=O) groups excluding carboxylic acids is 2. The minimum Gasteiger partial charge on any atom is -0.493 e. The molecule has 1 amide bonds. The molecular formula is C21H26N2O5S. The largest absolute Gasteiger partial charge is 0.493 e. The van der Waals surface area contributed by atoms with Gasteiger partial charge < -0.3 is 14.2 Å². The second kappa shape index (κ2) is 8.49. The van der Waals surface area contributed by atoms with Crippen molar-refractivity contribution >= 4 is 28.8 Å². The molecule has 0 aliphatic carbocycles. The van der Waals surface area contributed by atoms with Crippen molar-refractivity contribution in [1.29, 1.82) is 0 Å². The fourth-order valence-electron chi connectivity index (χ4n) is 3.47. The number of hydrogen-bond acceptors (Lipinski definition) is 7. The fourth-order valence-corrected chi connectivity index (χ4v) is 4.60. The van der Waals surface area contributed by atoms with Crippen LogP contribution in [0.1, 0.15) is 45.7 Å². The number of amidine groups is 1. The van der Waals surface area contributed by atoms with Gasteiger partial charge in [0.05, 0.1) is 42.9 Å². The van der Waals surface area contributed by atoms with E-state index in [-0.39, 0.29) is 17.3 Å². The Bertz CT molecular complexity index is 893. The lowest BCUT2D eigenvalue weighted by Gasteiger charge is -2.33. The molecule has 0 unspecified atom stereocenters. The van der Waals surface area contributed by atoms with Crippen LogP contribution in [-0.4, -0.2) is 47.5 Å². The van der Waals surface area contributed by atoms with Crippen LogP contribution in [0.4, 0.5) is 0 Å². The third-order valence-electron chi connectivity index (χ3n) is 4.81. The number of carbonyl (C=O) groups is 2. The normalized spacial score (nSPS) is 21.3. The van der Waals surface area contributed by atoms with Crippen LogP contribution in [0.2, 0.25) is 0 Å². The number of nitrogens with zero attached hydrogens (tertiary/aromatic N) is 2. The Labute approximate surface area is 175 Å². The van der Waals surface area contributed by atoms with Crippen molar-refractivity contribution in [2.75, 3.05) is 14.2 Å². The van der Waals surface area contributed by atoms with E-state index in [9.17, 15) is 9.59 Å². The molecule has 3 rings (SSSR count). The number of esters is 1. The van der Waals surface area contributed by atoms with E-state index in [1.54, 1.807) is 52.0 Å². The van der Waals surface area contributed by atoms with Crippen LogP contribution in [0.3, 0.4) is 0 Å². The number of thioether (sulfide) groups is 1. The molecule has 0 saturated carbocycles. The molecular weight excluding hydrogens is 392 g/mol. The first-order valence-corrected chi connectivity index (χ1v) is 10.4. The first-order valence-electron chi connectivity index (χ1n) is 9.54. The fraction of sp³-hybridized carbons (Fsp3) is 0.476. The van der Waals surface area contributed by atoms with Gasteiger partial charge in [-0.05, 0) is 44.9 Å². The topological polar surface area (TPSA) is 77.4 Å². The third-order valence-corrected chi connectivity index (χ3v) is 6.13. The molecule has 7 nitrogen and oxygen atoms in total.